The van der Waals surface area contributed by atoms with Gasteiger partial charge in [-0.15, -0.1) is 23.1 Å². The van der Waals surface area contributed by atoms with Gasteiger partial charge in [-0.05, 0) is 30.5 Å². The monoisotopic (exact) mass is 743 g/mol. The number of hydrogen-bond donors (Lipinski definition) is 1. The van der Waals surface area contributed by atoms with Gasteiger partial charge in [-0.3, -0.25) is 19.3 Å². The molecule has 14 nitrogen and oxygen atoms in total. The van der Waals surface area contributed by atoms with Crippen molar-refractivity contribution in [1.29, 1.82) is 0 Å². The molecule has 3 aliphatic heterocycles. The number of nitrogens with one attached hydrogen (secondary N) is 1. The number of halogens is 1. The van der Waals surface area contributed by atoms with E-state index in [-0.39, 0.29) is 126 Å². The van der Waals surface area contributed by atoms with E-state index >= 15 is 4.39 Å². The van der Waals surface area contributed by atoms with Crippen LogP contribution in [0.25, 0.3) is 10.9 Å². The molecule has 2 aromatic heterocycles. The Kier molecular flexibility index (Phi) is 13.3. The van der Waals surface area contributed by atoms with Gasteiger partial charge in [-0.25, -0.2) is 9.18 Å². The van der Waals surface area contributed by atoms with Crippen LogP contribution in [0.5, 0.6) is 0 Å². The summed E-state index contributed by atoms with van der Waals surface area (Å²) < 4.78 is 22.2. The number of aliphatic carboxylic acids is 1. The first kappa shape index (κ1) is 39.9. The Morgan fingerprint density at radius 2 is 1.78 bits per heavy atom. The third kappa shape index (κ3) is 7.79. The number of aromatic nitrogens is 1. The summed E-state index contributed by atoms with van der Waals surface area (Å²) in [6.45, 7) is 2.36. The van der Waals surface area contributed by atoms with Crippen LogP contribution in [0.2, 0.25) is 0 Å². The Morgan fingerprint density at radius 3 is 2.40 bits per heavy atom. The molecule has 0 radical (unpaired) electrons. The molecule has 0 bridgehead atoms. The molecule has 2 saturated heterocycles. The zero-order chi connectivity index (χ0) is 34.3. The van der Waals surface area contributed by atoms with Crippen LogP contribution in [0.15, 0.2) is 51.9 Å². The van der Waals surface area contributed by atoms with Crippen molar-refractivity contribution in [2.75, 3.05) is 43.4 Å². The number of amides is 3. The Labute approximate surface area is 337 Å². The van der Waals surface area contributed by atoms with E-state index in [1.165, 1.54) is 44.8 Å². The van der Waals surface area contributed by atoms with E-state index in [4.69, 9.17) is 4.74 Å². The molecule has 6 rings (SSSR count). The number of ether oxygens (including phenoxy) is 1. The summed E-state index contributed by atoms with van der Waals surface area (Å²) in [7, 11) is 0. The van der Waals surface area contributed by atoms with E-state index in [1.807, 2.05) is 11.4 Å². The number of anilines is 1. The second-order valence-corrected chi connectivity index (χ2v) is 13.4. The Morgan fingerprint density at radius 1 is 1.06 bits per heavy atom. The molecule has 2 fully saturated rings. The van der Waals surface area contributed by atoms with Gasteiger partial charge < -0.3 is 44.2 Å². The molecule has 19 heteroatoms. The molecule has 0 unspecified atom stereocenters. The van der Waals surface area contributed by atoms with Gasteiger partial charge in [-0.1, -0.05) is 6.07 Å². The zero-order valence-corrected chi connectivity index (χ0v) is 33.1. The average Bonchev–Trinajstić information content (AvgIpc) is 3.58. The maximum absolute atomic E-state index is 15.2. The molecule has 5 heterocycles. The molecule has 50 heavy (non-hydrogen) atoms. The van der Waals surface area contributed by atoms with Gasteiger partial charge in [0.25, 0.3) is 5.91 Å². The van der Waals surface area contributed by atoms with Gasteiger partial charge in [0.15, 0.2) is 5.43 Å². The number of thiophene rings is 1. The normalized spacial score (nSPS) is 18.4. The van der Waals surface area contributed by atoms with Gasteiger partial charge in [-0.2, -0.15) is 0 Å². The molecule has 3 aromatic rings. The second kappa shape index (κ2) is 16.6. The van der Waals surface area contributed by atoms with Crippen molar-refractivity contribution >= 4 is 69.5 Å². The third-order valence-electron chi connectivity index (χ3n) is 8.43. The summed E-state index contributed by atoms with van der Waals surface area (Å²) in [5.41, 5.74) is -1.07. The van der Waals surface area contributed by atoms with Gasteiger partial charge in [0, 0.05) is 60.5 Å². The van der Waals surface area contributed by atoms with Crippen molar-refractivity contribution in [2.45, 2.75) is 31.3 Å². The van der Waals surface area contributed by atoms with Crippen LogP contribution in [0.4, 0.5) is 14.9 Å². The van der Waals surface area contributed by atoms with Crippen LogP contribution in [-0.2, 0) is 32.1 Å². The van der Waals surface area contributed by atoms with Crippen molar-refractivity contribution in [2.24, 2.45) is 0 Å². The van der Waals surface area contributed by atoms with Crippen LogP contribution in [0, 0.1) is 5.82 Å². The minimum atomic E-state index is -1.65. The minimum absolute atomic E-state index is 0. The Bertz CT molecular complexity index is 1930. The zero-order valence-electron chi connectivity index (χ0n) is 27.4. The number of hydrogen-bond acceptors (Lipinski definition) is 12. The number of carboxylic acids is 2. The first-order valence-electron chi connectivity index (χ1n) is 14.9. The number of rotatable bonds is 9. The van der Waals surface area contributed by atoms with E-state index in [1.54, 1.807) is 17.9 Å². The van der Waals surface area contributed by atoms with Gasteiger partial charge in [0.1, 0.15) is 23.8 Å². The summed E-state index contributed by atoms with van der Waals surface area (Å²) in [6, 6.07) is 5.20. The van der Waals surface area contributed by atoms with Crippen molar-refractivity contribution in [3.05, 3.63) is 73.6 Å². The SMILES string of the molecule is CCn1cc(C(=O)[O-])c(=O)c2cc(F)c(N3CCN(C(=O)OCC4=C(C(=O)[O-])N5C(=O)[C@@H](NC(=O)Cc6cccs6)[C@H]5SC4)CC3)cc21.[Na+].[Na+]. The molecule has 1 aromatic carbocycles. The maximum atomic E-state index is 15.2. The summed E-state index contributed by atoms with van der Waals surface area (Å²) >= 11 is 2.65. The Balaban J connectivity index is 0.00000281. The molecule has 3 aliphatic rings. The molecular weight excluding hydrogens is 715 g/mol. The summed E-state index contributed by atoms with van der Waals surface area (Å²) in [6.07, 6.45) is 0.543. The number of thioether (sulfide) groups is 1. The standard InChI is InChI=1S/C31H30FN5O9S2.2Na/c1-2-34-13-19(29(41)42)26(39)18-11-20(32)22(12-21(18)34)35-5-7-36(8-6-35)31(45)46-14-16-15-48-28-24(27(40)37(28)25(16)30(43)44)33-23(38)10-17-4-3-9-47-17;;/h3-4,9,11-13,24,28H,2,5-8,10,14-15H2,1H3,(H,33,38)(H,41,42)(H,43,44);;/q;2*+1/p-2/t24-,28-;;/m1../s1. The molecule has 2 atom stereocenters. The smallest absolute Gasteiger partial charge is 0.545 e. The first-order chi connectivity index (χ1) is 23.0. The van der Waals surface area contributed by atoms with Crippen LogP contribution < -0.4 is 85.0 Å². The van der Waals surface area contributed by atoms with E-state index in [9.17, 15) is 39.0 Å². The number of benzene rings is 1. The topological polar surface area (TPSA) is 184 Å². The summed E-state index contributed by atoms with van der Waals surface area (Å²) in [4.78, 5) is 79.4. The van der Waals surface area contributed by atoms with Crippen LogP contribution in [-0.4, -0.2) is 94.2 Å². The molecule has 0 spiro atoms. The number of piperazine rings is 1. The molecule has 0 aliphatic carbocycles. The number of pyridine rings is 1. The van der Waals surface area contributed by atoms with Crippen LogP contribution in [0.1, 0.15) is 22.2 Å². The fourth-order valence-corrected chi connectivity index (χ4v) is 8.03. The molecule has 3 amide bonds. The van der Waals surface area contributed by atoms with Crippen LogP contribution in [0.3, 0.4) is 0 Å². The van der Waals surface area contributed by atoms with E-state index in [0.717, 1.165) is 15.8 Å². The Hall–Kier alpha value is -2.90. The van der Waals surface area contributed by atoms with E-state index < -0.39 is 58.8 Å². The molecular formula is C31H28FN5Na2O9S2. The van der Waals surface area contributed by atoms with Crippen LogP contribution >= 0.6 is 23.1 Å². The number of β-lactam (4-membered cyclic amide) rings is 1. The van der Waals surface area contributed by atoms with Crippen molar-refractivity contribution < 1.29 is 102 Å². The summed E-state index contributed by atoms with van der Waals surface area (Å²) in [5.74, 6) is -4.80. The molecule has 252 valence electrons. The number of nitrogens with zero attached hydrogens (tertiary/aromatic N) is 4. The number of aryl methyl sites for hydroxylation is 1. The molecule has 0 saturated carbocycles. The van der Waals surface area contributed by atoms with Crippen molar-refractivity contribution in [3.8, 4) is 0 Å². The number of carbonyl (C=O) groups excluding carboxylic acids is 5. The number of carboxylic acid groups (broad SMARTS) is 2. The van der Waals surface area contributed by atoms with E-state index in [0.29, 0.717) is 12.1 Å². The van der Waals surface area contributed by atoms with Gasteiger partial charge in [0.05, 0.1) is 40.8 Å². The van der Waals surface area contributed by atoms with Crippen molar-refractivity contribution in [3.63, 3.8) is 0 Å². The summed E-state index contributed by atoms with van der Waals surface area (Å²) in [5, 5.41) is 27.3. The van der Waals surface area contributed by atoms with Gasteiger partial charge >= 0.3 is 65.2 Å². The fraction of sp³-hybridized carbons (Fsp3) is 0.355. The fourth-order valence-electron chi connectivity index (χ4n) is 6.00. The largest absolute Gasteiger partial charge is 1.00 e. The number of aromatic carboxylic acids is 1. The van der Waals surface area contributed by atoms with Crippen molar-refractivity contribution in [1.82, 2.24) is 19.7 Å². The predicted molar refractivity (Wildman–Crippen MR) is 168 cm³/mol. The maximum Gasteiger partial charge on any atom is 1.00 e. The number of fused-ring (bicyclic) bond motifs is 2. The third-order valence-corrected chi connectivity index (χ3v) is 10.6. The predicted octanol–water partition coefficient (Wildman–Crippen LogP) is -6.50. The van der Waals surface area contributed by atoms with E-state index in [2.05, 4.69) is 5.32 Å². The average molecular weight is 744 g/mol. The molecule has 1 N–H and O–H groups in total. The van der Waals surface area contributed by atoms with Gasteiger partial charge in [0.2, 0.25) is 5.91 Å². The quantitative estimate of drug-likeness (QED) is 0.163. The second-order valence-electron chi connectivity index (χ2n) is 11.2. The minimum Gasteiger partial charge on any atom is -0.545 e. The first-order valence-corrected chi connectivity index (χ1v) is 16.9. The number of carbonyl (C=O) groups is 5.